The predicted molar refractivity (Wildman–Crippen MR) is 70.8 cm³/mol. The number of rotatable bonds is 2. The maximum absolute atomic E-state index is 11.2. The van der Waals surface area contributed by atoms with Gasteiger partial charge in [-0.2, -0.15) is 0 Å². The van der Waals surface area contributed by atoms with Crippen molar-refractivity contribution in [2.75, 3.05) is 5.32 Å². The van der Waals surface area contributed by atoms with Gasteiger partial charge in [0.15, 0.2) is 0 Å². The van der Waals surface area contributed by atoms with Crippen LogP contribution in [-0.2, 0) is 12.8 Å². The number of nitrogens with zero attached hydrogens (tertiary/aromatic N) is 1. The Bertz CT molecular complexity index is 506. The average molecular weight is 245 g/mol. The number of hydrogen-bond acceptors (Lipinski definition) is 2. The van der Waals surface area contributed by atoms with E-state index in [1.807, 2.05) is 0 Å². The topological polar surface area (TPSA) is 68.0 Å². The van der Waals surface area contributed by atoms with E-state index in [0.29, 0.717) is 5.92 Å². The van der Waals surface area contributed by atoms with Crippen LogP contribution in [0.2, 0.25) is 0 Å². The highest BCUT2D eigenvalue weighted by atomic mass is 16.2. The molecule has 0 radical (unpaired) electrons. The first-order valence-corrected chi connectivity index (χ1v) is 6.75. The Morgan fingerprint density at radius 1 is 1.33 bits per heavy atom. The quantitative estimate of drug-likeness (QED) is 0.841. The fourth-order valence-electron chi connectivity index (χ4n) is 3.08. The second kappa shape index (κ2) is 4.26. The van der Waals surface area contributed by atoms with Crippen LogP contribution >= 0.6 is 0 Å². The van der Waals surface area contributed by atoms with E-state index in [0.717, 1.165) is 30.5 Å². The summed E-state index contributed by atoms with van der Waals surface area (Å²) < 4.78 is 0. The third kappa shape index (κ3) is 1.76. The Morgan fingerprint density at radius 3 is 2.72 bits per heavy atom. The van der Waals surface area contributed by atoms with Crippen LogP contribution in [-0.4, -0.2) is 11.0 Å². The van der Waals surface area contributed by atoms with Gasteiger partial charge in [0.2, 0.25) is 0 Å². The van der Waals surface area contributed by atoms with Crippen LogP contribution in [0.1, 0.15) is 54.1 Å². The molecule has 1 aromatic heterocycles. The Hall–Kier alpha value is -1.58. The molecule has 1 saturated carbocycles. The van der Waals surface area contributed by atoms with Crippen molar-refractivity contribution in [1.82, 2.24) is 4.98 Å². The number of nitrogens with one attached hydrogen (secondary N) is 1. The Labute approximate surface area is 107 Å². The number of fused-ring (bicyclic) bond motifs is 1. The number of nitrogens with two attached hydrogens (primary N) is 1. The molecule has 1 heterocycles. The molecular weight excluding hydrogens is 226 g/mol. The van der Waals surface area contributed by atoms with Crippen molar-refractivity contribution in [2.24, 2.45) is 5.73 Å². The number of pyridine rings is 1. The summed E-state index contributed by atoms with van der Waals surface area (Å²) in [6, 6.07) is -0.474. The minimum absolute atomic E-state index is 0.474. The molecular formula is C14H19N3O. The molecule has 2 aliphatic rings. The highest BCUT2D eigenvalue weighted by Gasteiger charge is 2.28. The van der Waals surface area contributed by atoms with Gasteiger partial charge in [-0.25, -0.2) is 4.79 Å². The number of aromatic nitrogens is 1. The van der Waals surface area contributed by atoms with Crippen LogP contribution in [0.4, 0.5) is 10.5 Å². The molecule has 2 aliphatic carbocycles. The molecule has 96 valence electrons. The van der Waals surface area contributed by atoms with Gasteiger partial charge in [-0.3, -0.25) is 4.98 Å². The molecule has 1 aromatic rings. The molecule has 18 heavy (non-hydrogen) atoms. The minimum Gasteiger partial charge on any atom is -0.351 e. The zero-order valence-corrected chi connectivity index (χ0v) is 10.8. The largest absolute Gasteiger partial charge is 0.351 e. The number of aryl methyl sites for hydroxylation is 1. The lowest BCUT2D eigenvalue weighted by Gasteiger charge is -2.28. The third-order valence-corrected chi connectivity index (χ3v) is 4.25. The zero-order chi connectivity index (χ0) is 12.7. The fraction of sp³-hybridized carbons (Fsp3) is 0.571. The first-order chi connectivity index (χ1) is 8.66. The Kier molecular flexibility index (Phi) is 2.73. The second-order valence-electron chi connectivity index (χ2n) is 5.39. The van der Waals surface area contributed by atoms with Crippen molar-refractivity contribution >= 4 is 11.7 Å². The van der Waals surface area contributed by atoms with E-state index in [4.69, 9.17) is 10.7 Å². The minimum atomic E-state index is -0.474. The molecule has 3 rings (SSSR count). The van der Waals surface area contributed by atoms with E-state index < -0.39 is 6.03 Å². The van der Waals surface area contributed by atoms with Gasteiger partial charge < -0.3 is 11.1 Å². The van der Waals surface area contributed by atoms with Crippen molar-refractivity contribution in [3.63, 3.8) is 0 Å². The van der Waals surface area contributed by atoms with Crippen molar-refractivity contribution in [2.45, 2.75) is 51.4 Å². The number of anilines is 1. The maximum atomic E-state index is 11.2. The molecule has 3 N–H and O–H groups in total. The number of carbonyl (C=O) groups excluding carboxylic acids is 1. The lowest BCUT2D eigenvalue weighted by molar-refractivity contribution is 0.259. The summed E-state index contributed by atoms with van der Waals surface area (Å²) in [6.45, 7) is 2.06. The summed E-state index contributed by atoms with van der Waals surface area (Å²) in [4.78, 5) is 16.0. The number of urea groups is 1. The van der Waals surface area contributed by atoms with Crippen LogP contribution in [0.3, 0.4) is 0 Å². The summed E-state index contributed by atoms with van der Waals surface area (Å²) in [5, 5.41) is 2.82. The van der Waals surface area contributed by atoms with Crippen LogP contribution in [0, 0.1) is 6.92 Å². The van der Waals surface area contributed by atoms with E-state index >= 15 is 0 Å². The van der Waals surface area contributed by atoms with Gasteiger partial charge in [0.25, 0.3) is 0 Å². The second-order valence-corrected chi connectivity index (χ2v) is 5.39. The maximum Gasteiger partial charge on any atom is 0.316 e. The third-order valence-electron chi connectivity index (χ3n) is 4.25. The fourth-order valence-corrected chi connectivity index (χ4v) is 3.08. The average Bonchev–Trinajstić information content (AvgIpc) is 2.68. The molecule has 0 spiro atoms. The van der Waals surface area contributed by atoms with Crippen LogP contribution in [0.25, 0.3) is 0 Å². The number of carbonyl (C=O) groups is 1. The summed E-state index contributed by atoms with van der Waals surface area (Å²) in [5.74, 6) is 0.587. The first-order valence-electron chi connectivity index (χ1n) is 6.75. The van der Waals surface area contributed by atoms with Crippen molar-refractivity contribution in [3.8, 4) is 0 Å². The highest BCUT2D eigenvalue weighted by Crippen LogP contribution is 2.41. The summed E-state index contributed by atoms with van der Waals surface area (Å²) in [5.41, 5.74) is 10.9. The van der Waals surface area contributed by atoms with Crippen molar-refractivity contribution < 1.29 is 4.79 Å². The Morgan fingerprint density at radius 2 is 2.11 bits per heavy atom. The van der Waals surface area contributed by atoms with E-state index in [1.54, 1.807) is 0 Å². The van der Waals surface area contributed by atoms with Crippen molar-refractivity contribution in [3.05, 3.63) is 22.5 Å². The summed E-state index contributed by atoms with van der Waals surface area (Å²) >= 11 is 0. The number of primary amides is 1. The molecule has 0 atom stereocenters. The number of hydrogen-bond donors (Lipinski definition) is 2. The van der Waals surface area contributed by atoms with Crippen LogP contribution in [0.15, 0.2) is 0 Å². The molecule has 0 aliphatic heterocycles. The molecule has 0 bridgehead atoms. The normalized spacial score (nSPS) is 18.3. The molecule has 0 saturated heterocycles. The summed E-state index contributed by atoms with van der Waals surface area (Å²) in [6.07, 6.45) is 6.91. The van der Waals surface area contributed by atoms with Gasteiger partial charge in [-0.15, -0.1) is 0 Å². The molecule has 0 aromatic carbocycles. The van der Waals surface area contributed by atoms with Gasteiger partial charge in [-0.05, 0) is 50.2 Å². The predicted octanol–water partition coefficient (Wildman–Crippen LogP) is 2.64. The lowest BCUT2D eigenvalue weighted by atomic mass is 9.80. The molecule has 4 heteroatoms. The molecule has 4 nitrogen and oxygen atoms in total. The lowest BCUT2D eigenvalue weighted by Crippen LogP contribution is -2.23. The molecule has 1 fully saturated rings. The molecule has 2 amide bonds. The zero-order valence-electron chi connectivity index (χ0n) is 10.8. The monoisotopic (exact) mass is 245 g/mol. The van der Waals surface area contributed by atoms with E-state index in [9.17, 15) is 4.79 Å². The summed E-state index contributed by atoms with van der Waals surface area (Å²) in [7, 11) is 0. The smallest absolute Gasteiger partial charge is 0.316 e. The SMILES string of the molecule is Cc1c(C2CCC2)nc2c(c1NC(N)=O)CCC2. The standard InChI is InChI=1S/C14H19N3O/c1-8-12(9-4-2-5-9)16-11-7-3-6-10(11)13(8)17-14(15)18/h9H,2-7H2,1H3,(H3,15,16,17,18). The Balaban J connectivity index is 2.09. The highest BCUT2D eigenvalue weighted by molar-refractivity contribution is 5.90. The van der Waals surface area contributed by atoms with Gasteiger partial charge in [0.1, 0.15) is 0 Å². The van der Waals surface area contributed by atoms with Gasteiger partial charge in [0.05, 0.1) is 5.69 Å². The van der Waals surface area contributed by atoms with Crippen LogP contribution < -0.4 is 11.1 Å². The molecule has 0 unspecified atom stereocenters. The van der Waals surface area contributed by atoms with Crippen molar-refractivity contribution in [1.29, 1.82) is 0 Å². The first kappa shape index (κ1) is 11.5. The van der Waals surface area contributed by atoms with Gasteiger partial charge >= 0.3 is 6.03 Å². The van der Waals surface area contributed by atoms with Gasteiger partial charge in [-0.1, -0.05) is 6.42 Å². The van der Waals surface area contributed by atoms with Crippen LogP contribution in [0.5, 0.6) is 0 Å². The van der Waals surface area contributed by atoms with Gasteiger partial charge in [0, 0.05) is 17.3 Å². The van der Waals surface area contributed by atoms with E-state index in [-0.39, 0.29) is 0 Å². The van der Waals surface area contributed by atoms with E-state index in [1.165, 1.54) is 36.2 Å². The van der Waals surface area contributed by atoms with E-state index in [2.05, 4.69) is 12.2 Å². The number of amides is 2.